The predicted molar refractivity (Wildman–Crippen MR) is 245 cm³/mol. The van der Waals surface area contributed by atoms with E-state index >= 15 is 0 Å². The number of thiophene rings is 1. The average Bonchev–Trinajstić information content (AvgIpc) is 3.86. The quantitative estimate of drug-likeness (QED) is 0.175. The fraction of sp³-hybridized carbons (Fsp3) is 0. The van der Waals surface area contributed by atoms with Crippen molar-refractivity contribution < 1.29 is 4.42 Å². The highest BCUT2D eigenvalue weighted by Crippen LogP contribution is 2.49. The molecule has 0 aliphatic carbocycles. The number of benzene rings is 10. The van der Waals surface area contributed by atoms with Crippen LogP contribution in [-0.4, -0.2) is 0 Å². The second-order valence-corrected chi connectivity index (χ2v) is 15.9. The lowest BCUT2D eigenvalue weighted by molar-refractivity contribution is 0.670. The van der Waals surface area contributed by atoms with Crippen LogP contribution in [0.4, 0.5) is 17.1 Å². The molecule has 0 bridgehead atoms. The summed E-state index contributed by atoms with van der Waals surface area (Å²) >= 11 is 1.90. The summed E-state index contributed by atoms with van der Waals surface area (Å²) in [6.45, 7) is 0. The third-order valence-electron chi connectivity index (χ3n) is 11.6. The van der Waals surface area contributed by atoms with Gasteiger partial charge in [-0.15, -0.1) is 11.3 Å². The normalized spacial score (nSPS) is 11.9. The Bertz CT molecular complexity index is 3460. The molecule has 0 amide bonds. The molecule has 0 radical (unpaired) electrons. The van der Waals surface area contributed by atoms with Crippen LogP contribution in [0.25, 0.3) is 96.7 Å². The molecule has 0 spiro atoms. The molecule has 2 nitrogen and oxygen atoms in total. The van der Waals surface area contributed by atoms with Crippen LogP contribution < -0.4 is 4.90 Å². The molecule has 0 atom stereocenters. The maximum Gasteiger partial charge on any atom is 0.143 e. The predicted octanol–water partition coefficient (Wildman–Crippen LogP) is 16.2. The van der Waals surface area contributed by atoms with Gasteiger partial charge in [-0.1, -0.05) is 158 Å². The minimum atomic E-state index is 0.917. The fourth-order valence-corrected chi connectivity index (χ4v) is 10.2. The van der Waals surface area contributed by atoms with Gasteiger partial charge in [0, 0.05) is 48.6 Å². The zero-order chi connectivity index (χ0) is 37.5. The van der Waals surface area contributed by atoms with Crippen molar-refractivity contribution in [1.29, 1.82) is 0 Å². The Morgan fingerprint density at radius 1 is 0.351 bits per heavy atom. The zero-order valence-electron chi connectivity index (χ0n) is 30.8. The van der Waals surface area contributed by atoms with Crippen LogP contribution in [0.5, 0.6) is 0 Å². The summed E-state index contributed by atoms with van der Waals surface area (Å²) in [6, 6.07) is 72.8. The van der Waals surface area contributed by atoms with Crippen molar-refractivity contribution in [3.63, 3.8) is 0 Å². The molecular weight excluding hydrogens is 711 g/mol. The second-order valence-electron chi connectivity index (χ2n) is 14.9. The first-order valence-electron chi connectivity index (χ1n) is 19.4. The van der Waals surface area contributed by atoms with Crippen LogP contribution in [0, 0.1) is 0 Å². The van der Waals surface area contributed by atoms with E-state index in [0.29, 0.717) is 0 Å². The monoisotopic (exact) mass is 743 g/mol. The highest BCUT2D eigenvalue weighted by atomic mass is 32.1. The van der Waals surface area contributed by atoms with Crippen LogP contribution in [0.1, 0.15) is 0 Å². The van der Waals surface area contributed by atoms with Gasteiger partial charge in [0.25, 0.3) is 0 Å². The number of furan rings is 1. The van der Waals surface area contributed by atoms with E-state index in [9.17, 15) is 0 Å². The van der Waals surface area contributed by atoms with E-state index in [4.69, 9.17) is 4.42 Å². The van der Waals surface area contributed by atoms with E-state index in [0.717, 1.165) is 44.4 Å². The van der Waals surface area contributed by atoms with E-state index < -0.39 is 0 Å². The molecule has 0 saturated carbocycles. The molecule has 0 saturated heterocycles. The minimum Gasteiger partial charge on any atom is -0.455 e. The van der Waals surface area contributed by atoms with Gasteiger partial charge in [0.15, 0.2) is 0 Å². The number of para-hydroxylation sites is 2. The van der Waals surface area contributed by atoms with Crippen molar-refractivity contribution >= 4 is 103 Å². The number of fused-ring (bicyclic) bond motifs is 10. The third-order valence-corrected chi connectivity index (χ3v) is 12.9. The standard InChI is InChI=1S/C54H33NOS/c1-3-13-38-31-40(29-27-34(38)11-1)55(41-30-28-35-12-2-4-14-39(35)32-41)50-21-10-20-47-49-33-48(43-15-5-6-17-46(43)53(49)57-54(47)50)37-25-23-36(24-26-37)42-18-9-19-45-44-16-7-8-22-51(44)56-52(42)45/h1-33H. The number of nitrogens with zero attached hydrogens (tertiary/aromatic N) is 1. The zero-order valence-corrected chi connectivity index (χ0v) is 31.6. The van der Waals surface area contributed by atoms with Gasteiger partial charge in [0.2, 0.25) is 0 Å². The average molecular weight is 744 g/mol. The first-order valence-corrected chi connectivity index (χ1v) is 20.2. The van der Waals surface area contributed by atoms with E-state index in [1.807, 2.05) is 23.5 Å². The lowest BCUT2D eigenvalue weighted by atomic mass is 9.94. The SMILES string of the molecule is c1ccc2cc(N(c3ccc4ccccc4c3)c3cccc4c3sc3c5ccccc5c(-c5ccc(-c6cccc7c6oc6ccccc67)cc5)cc43)ccc2c1. The van der Waals surface area contributed by atoms with Crippen molar-refractivity contribution in [3.8, 4) is 22.3 Å². The molecule has 3 heteroatoms. The highest BCUT2D eigenvalue weighted by molar-refractivity contribution is 7.27. The summed E-state index contributed by atoms with van der Waals surface area (Å²) in [5.41, 5.74) is 9.97. The molecule has 0 unspecified atom stereocenters. The Hall–Kier alpha value is -7.20. The van der Waals surface area contributed by atoms with E-state index in [1.54, 1.807) is 0 Å². The Morgan fingerprint density at radius 3 is 1.61 bits per heavy atom. The van der Waals surface area contributed by atoms with Crippen LogP contribution >= 0.6 is 11.3 Å². The van der Waals surface area contributed by atoms with Gasteiger partial charge >= 0.3 is 0 Å². The lowest BCUT2D eigenvalue weighted by Gasteiger charge is -2.26. The van der Waals surface area contributed by atoms with Gasteiger partial charge in [-0.2, -0.15) is 0 Å². The van der Waals surface area contributed by atoms with Gasteiger partial charge < -0.3 is 9.32 Å². The van der Waals surface area contributed by atoms with E-state index in [1.165, 1.54) is 69.3 Å². The molecule has 57 heavy (non-hydrogen) atoms. The molecule has 2 heterocycles. The minimum absolute atomic E-state index is 0.917. The molecule has 0 aliphatic heterocycles. The van der Waals surface area contributed by atoms with Crippen LogP contribution in [-0.2, 0) is 0 Å². The Kier molecular flexibility index (Phi) is 7.13. The van der Waals surface area contributed by atoms with Crippen LogP contribution in [0.3, 0.4) is 0 Å². The van der Waals surface area contributed by atoms with Crippen molar-refractivity contribution in [2.45, 2.75) is 0 Å². The summed E-state index contributed by atoms with van der Waals surface area (Å²) in [5.74, 6) is 0. The maximum absolute atomic E-state index is 6.41. The number of hydrogen-bond donors (Lipinski definition) is 0. The molecule has 10 aromatic carbocycles. The largest absolute Gasteiger partial charge is 0.455 e. The first-order chi connectivity index (χ1) is 28.2. The fourth-order valence-electron chi connectivity index (χ4n) is 8.88. The van der Waals surface area contributed by atoms with Gasteiger partial charge in [-0.05, 0) is 86.1 Å². The molecule has 0 aliphatic rings. The Labute approximate surface area is 333 Å². The van der Waals surface area contributed by atoms with Gasteiger partial charge in [0.1, 0.15) is 11.2 Å². The van der Waals surface area contributed by atoms with Crippen molar-refractivity contribution in [1.82, 2.24) is 0 Å². The van der Waals surface area contributed by atoms with Crippen molar-refractivity contribution in [2.24, 2.45) is 0 Å². The first kappa shape index (κ1) is 32.1. The van der Waals surface area contributed by atoms with Gasteiger partial charge in [0.05, 0.1) is 10.4 Å². The molecule has 266 valence electrons. The van der Waals surface area contributed by atoms with Gasteiger partial charge in [-0.3, -0.25) is 0 Å². The summed E-state index contributed by atoms with van der Waals surface area (Å²) in [7, 11) is 0. The number of hydrogen-bond acceptors (Lipinski definition) is 3. The van der Waals surface area contributed by atoms with E-state index in [-0.39, 0.29) is 0 Å². The Morgan fingerprint density at radius 2 is 0.895 bits per heavy atom. The van der Waals surface area contributed by atoms with Gasteiger partial charge in [-0.25, -0.2) is 0 Å². The molecular formula is C54H33NOS. The summed E-state index contributed by atoms with van der Waals surface area (Å²) in [5, 5.41) is 12.3. The molecule has 2 aromatic heterocycles. The second kappa shape index (κ2) is 12.7. The molecule has 12 rings (SSSR count). The lowest BCUT2D eigenvalue weighted by Crippen LogP contribution is -2.10. The summed E-state index contributed by atoms with van der Waals surface area (Å²) in [4.78, 5) is 2.45. The highest BCUT2D eigenvalue weighted by Gasteiger charge is 2.21. The van der Waals surface area contributed by atoms with E-state index in [2.05, 4.69) is 193 Å². The van der Waals surface area contributed by atoms with Crippen molar-refractivity contribution in [3.05, 3.63) is 200 Å². The molecule has 0 N–H and O–H groups in total. The topological polar surface area (TPSA) is 16.4 Å². The van der Waals surface area contributed by atoms with Crippen LogP contribution in [0.2, 0.25) is 0 Å². The maximum atomic E-state index is 6.41. The summed E-state index contributed by atoms with van der Waals surface area (Å²) < 4.78 is 8.99. The molecule has 0 fully saturated rings. The smallest absolute Gasteiger partial charge is 0.143 e. The van der Waals surface area contributed by atoms with Crippen LogP contribution in [0.15, 0.2) is 205 Å². The Balaban J connectivity index is 1.04. The third kappa shape index (κ3) is 5.10. The van der Waals surface area contributed by atoms with Crippen molar-refractivity contribution in [2.75, 3.05) is 4.90 Å². The molecule has 12 aromatic rings. The number of anilines is 3. The number of rotatable bonds is 5. The summed E-state index contributed by atoms with van der Waals surface area (Å²) in [6.07, 6.45) is 0.